The molecule has 8 heteroatoms. The van der Waals surface area contributed by atoms with E-state index in [9.17, 15) is 18.0 Å². The Hall–Kier alpha value is -2.22. The van der Waals surface area contributed by atoms with Gasteiger partial charge >= 0.3 is 5.97 Å². The van der Waals surface area contributed by atoms with Gasteiger partial charge in [-0.2, -0.15) is 4.72 Å². The van der Waals surface area contributed by atoms with E-state index >= 15 is 0 Å². The number of hydrogen-bond acceptors (Lipinski definition) is 5. The molecule has 0 saturated heterocycles. The summed E-state index contributed by atoms with van der Waals surface area (Å²) in [4.78, 5) is 24.5. The highest BCUT2D eigenvalue weighted by molar-refractivity contribution is 7.89. The molecule has 0 spiro atoms. The quantitative estimate of drug-likeness (QED) is 0.534. The van der Waals surface area contributed by atoms with Crippen LogP contribution in [0.15, 0.2) is 59.5 Å². The van der Waals surface area contributed by atoms with Crippen molar-refractivity contribution in [3.63, 3.8) is 0 Å². The van der Waals surface area contributed by atoms with Crippen LogP contribution in [-0.4, -0.2) is 32.8 Å². The second-order valence-electron chi connectivity index (χ2n) is 6.19. The molecule has 0 aliphatic heterocycles. The molecular weight excluding hydrogens is 390 g/mol. The fraction of sp³-hybridized carbons (Fsp3) is 0.263. The average Bonchev–Trinajstić information content (AvgIpc) is 2.65. The molecule has 2 aromatic carbocycles. The lowest BCUT2D eigenvalue weighted by Gasteiger charge is -2.20. The maximum atomic E-state index is 12.4. The molecule has 0 saturated carbocycles. The van der Waals surface area contributed by atoms with Gasteiger partial charge in [-0.3, -0.25) is 9.59 Å². The number of ketones is 1. The van der Waals surface area contributed by atoms with Crippen LogP contribution in [0.2, 0.25) is 5.02 Å². The molecule has 0 aliphatic rings. The normalized spacial score (nSPS) is 12.6. The minimum atomic E-state index is -3.90. The second kappa shape index (κ2) is 9.12. The highest BCUT2D eigenvalue weighted by Crippen LogP contribution is 2.13. The van der Waals surface area contributed by atoms with Crippen LogP contribution < -0.4 is 4.72 Å². The van der Waals surface area contributed by atoms with Crippen LogP contribution in [0, 0.1) is 5.92 Å². The van der Waals surface area contributed by atoms with Crippen LogP contribution in [0.3, 0.4) is 0 Å². The van der Waals surface area contributed by atoms with E-state index in [2.05, 4.69) is 4.72 Å². The van der Waals surface area contributed by atoms with Gasteiger partial charge in [0.25, 0.3) is 0 Å². The highest BCUT2D eigenvalue weighted by atomic mass is 35.5. The molecule has 27 heavy (non-hydrogen) atoms. The maximum Gasteiger partial charge on any atom is 0.324 e. The Morgan fingerprint density at radius 2 is 1.63 bits per heavy atom. The van der Waals surface area contributed by atoms with Crippen molar-refractivity contribution in [1.29, 1.82) is 0 Å². The van der Waals surface area contributed by atoms with Crippen molar-refractivity contribution in [3.8, 4) is 0 Å². The van der Waals surface area contributed by atoms with Crippen molar-refractivity contribution in [2.24, 2.45) is 5.92 Å². The summed E-state index contributed by atoms with van der Waals surface area (Å²) in [5.74, 6) is -1.60. The first-order valence-electron chi connectivity index (χ1n) is 8.23. The van der Waals surface area contributed by atoms with E-state index in [1.807, 2.05) is 0 Å². The molecule has 1 N–H and O–H groups in total. The first-order chi connectivity index (χ1) is 12.7. The van der Waals surface area contributed by atoms with Gasteiger partial charge in [0.05, 0.1) is 4.90 Å². The monoisotopic (exact) mass is 409 g/mol. The Morgan fingerprint density at radius 3 is 2.19 bits per heavy atom. The van der Waals surface area contributed by atoms with Gasteiger partial charge in [0.1, 0.15) is 6.04 Å². The van der Waals surface area contributed by atoms with E-state index in [1.165, 1.54) is 24.3 Å². The predicted molar refractivity (Wildman–Crippen MR) is 102 cm³/mol. The largest absolute Gasteiger partial charge is 0.456 e. The predicted octanol–water partition coefficient (Wildman–Crippen LogP) is 3.07. The third kappa shape index (κ3) is 5.89. The number of benzene rings is 2. The molecule has 0 aromatic heterocycles. The summed E-state index contributed by atoms with van der Waals surface area (Å²) in [5.41, 5.74) is 0.346. The zero-order valence-corrected chi connectivity index (χ0v) is 16.5. The van der Waals surface area contributed by atoms with Crippen molar-refractivity contribution in [2.75, 3.05) is 6.61 Å². The number of esters is 1. The first-order valence-corrected chi connectivity index (χ1v) is 10.1. The topological polar surface area (TPSA) is 89.5 Å². The van der Waals surface area contributed by atoms with Gasteiger partial charge in [-0.1, -0.05) is 43.6 Å². The van der Waals surface area contributed by atoms with Gasteiger partial charge in [-0.25, -0.2) is 8.42 Å². The Labute approximate surface area is 163 Å². The molecular formula is C19H20ClNO5S. The zero-order valence-electron chi connectivity index (χ0n) is 14.9. The molecule has 6 nitrogen and oxygen atoms in total. The Bertz CT molecular complexity index is 895. The molecule has 0 amide bonds. The van der Waals surface area contributed by atoms with Crippen molar-refractivity contribution in [2.45, 2.75) is 24.8 Å². The Balaban J connectivity index is 2.04. The average molecular weight is 410 g/mol. The van der Waals surface area contributed by atoms with Crippen LogP contribution >= 0.6 is 11.6 Å². The summed E-state index contributed by atoms with van der Waals surface area (Å²) in [6, 6.07) is 12.8. The van der Waals surface area contributed by atoms with Gasteiger partial charge < -0.3 is 4.74 Å². The van der Waals surface area contributed by atoms with Crippen molar-refractivity contribution >= 4 is 33.4 Å². The molecule has 1 atom stereocenters. The number of ether oxygens (including phenoxy) is 1. The van der Waals surface area contributed by atoms with E-state index in [4.69, 9.17) is 16.3 Å². The van der Waals surface area contributed by atoms with E-state index in [0.717, 1.165) is 0 Å². The van der Waals surface area contributed by atoms with Crippen LogP contribution in [0.5, 0.6) is 0 Å². The van der Waals surface area contributed by atoms with Crippen molar-refractivity contribution in [1.82, 2.24) is 4.72 Å². The molecule has 0 radical (unpaired) electrons. The number of sulfonamides is 1. The van der Waals surface area contributed by atoms with Gasteiger partial charge in [0, 0.05) is 10.6 Å². The van der Waals surface area contributed by atoms with Gasteiger partial charge in [-0.05, 0) is 42.3 Å². The van der Waals surface area contributed by atoms with E-state index in [-0.39, 0.29) is 10.8 Å². The Kier molecular flexibility index (Phi) is 7.12. The summed E-state index contributed by atoms with van der Waals surface area (Å²) < 4.78 is 32.3. The number of nitrogens with one attached hydrogen (secondary N) is 1. The fourth-order valence-corrected chi connectivity index (χ4v) is 3.72. The lowest BCUT2D eigenvalue weighted by Crippen LogP contribution is -2.45. The second-order valence-corrected chi connectivity index (χ2v) is 8.34. The van der Waals surface area contributed by atoms with Gasteiger partial charge in [0.2, 0.25) is 10.0 Å². The number of hydrogen-bond donors (Lipinski definition) is 1. The minimum Gasteiger partial charge on any atom is -0.456 e. The summed E-state index contributed by atoms with van der Waals surface area (Å²) in [6.45, 7) is 2.87. The number of halogens is 1. The van der Waals surface area contributed by atoms with Crippen LogP contribution in [0.1, 0.15) is 24.2 Å². The first kappa shape index (κ1) is 21.1. The lowest BCUT2D eigenvalue weighted by molar-refractivity contribution is -0.145. The van der Waals surface area contributed by atoms with E-state index in [1.54, 1.807) is 44.2 Å². The smallest absolute Gasteiger partial charge is 0.324 e. The number of rotatable bonds is 8. The number of carbonyl (C=O) groups excluding carboxylic acids is 2. The standard InChI is InChI=1S/C19H20ClNO5S/c1-13(2)18(21-27(24,25)16-6-4-3-5-7-16)19(23)26-12-17(22)14-8-10-15(20)11-9-14/h3-11,13,18,21H,12H2,1-2H3/t18-/m1/s1. The fourth-order valence-electron chi connectivity index (χ4n) is 2.24. The number of carbonyl (C=O) groups is 2. The third-order valence-electron chi connectivity index (χ3n) is 3.77. The maximum absolute atomic E-state index is 12.4. The molecule has 2 aromatic rings. The molecule has 0 unspecified atom stereocenters. The molecule has 2 rings (SSSR count). The van der Waals surface area contributed by atoms with Crippen LogP contribution in [0.25, 0.3) is 0 Å². The minimum absolute atomic E-state index is 0.0423. The third-order valence-corrected chi connectivity index (χ3v) is 5.48. The van der Waals surface area contributed by atoms with Gasteiger partial charge in [-0.15, -0.1) is 0 Å². The Morgan fingerprint density at radius 1 is 1.04 bits per heavy atom. The summed E-state index contributed by atoms with van der Waals surface area (Å²) in [6.07, 6.45) is 0. The molecule has 144 valence electrons. The number of Topliss-reactive ketones (excluding diaryl/α,β-unsaturated/α-hetero) is 1. The van der Waals surface area contributed by atoms with Gasteiger partial charge in [0.15, 0.2) is 12.4 Å². The van der Waals surface area contributed by atoms with Crippen molar-refractivity contribution in [3.05, 3.63) is 65.2 Å². The molecule has 0 aliphatic carbocycles. The summed E-state index contributed by atoms with van der Waals surface area (Å²) in [7, 11) is -3.90. The molecule has 0 fully saturated rings. The molecule has 0 bridgehead atoms. The highest BCUT2D eigenvalue weighted by Gasteiger charge is 2.30. The van der Waals surface area contributed by atoms with Crippen molar-refractivity contribution < 1.29 is 22.7 Å². The lowest BCUT2D eigenvalue weighted by atomic mass is 10.1. The molecule has 0 heterocycles. The van der Waals surface area contributed by atoms with E-state index in [0.29, 0.717) is 10.6 Å². The zero-order chi connectivity index (χ0) is 20.0. The van der Waals surface area contributed by atoms with E-state index < -0.39 is 34.4 Å². The summed E-state index contributed by atoms with van der Waals surface area (Å²) in [5, 5.41) is 0.485. The summed E-state index contributed by atoms with van der Waals surface area (Å²) >= 11 is 5.77. The van der Waals surface area contributed by atoms with Crippen LogP contribution in [0.4, 0.5) is 0 Å². The SMILES string of the molecule is CC(C)[C@@H](NS(=O)(=O)c1ccccc1)C(=O)OCC(=O)c1ccc(Cl)cc1. The van der Waals surface area contributed by atoms with Crippen LogP contribution in [-0.2, 0) is 19.6 Å².